The van der Waals surface area contributed by atoms with Crippen molar-refractivity contribution in [2.24, 2.45) is 4.99 Å². The third-order valence-electron chi connectivity index (χ3n) is 4.45. The van der Waals surface area contributed by atoms with Crippen molar-refractivity contribution >= 4 is 40.4 Å². The molecule has 0 unspecified atom stereocenters. The van der Waals surface area contributed by atoms with Crippen LogP contribution in [0.15, 0.2) is 53.0 Å². The van der Waals surface area contributed by atoms with Gasteiger partial charge in [-0.15, -0.1) is 0 Å². The molecule has 1 amide bonds. The lowest BCUT2D eigenvalue weighted by Crippen LogP contribution is -2.23. The minimum Gasteiger partial charge on any atom is -0.338 e. The lowest BCUT2D eigenvalue weighted by Gasteiger charge is -2.15. The van der Waals surface area contributed by atoms with Crippen LogP contribution in [0.5, 0.6) is 0 Å². The summed E-state index contributed by atoms with van der Waals surface area (Å²) in [5, 5.41) is 1.27. The zero-order valence-electron chi connectivity index (χ0n) is 13.0. The Labute approximate surface area is 150 Å². The summed E-state index contributed by atoms with van der Waals surface area (Å²) in [4.78, 5) is 18.9. The highest BCUT2D eigenvalue weighted by molar-refractivity contribution is 6.36. The van der Waals surface area contributed by atoms with Gasteiger partial charge in [-0.1, -0.05) is 47.5 Å². The monoisotopic (exact) mass is 356 g/mol. The third-order valence-corrected chi connectivity index (χ3v) is 5.02. The highest BCUT2D eigenvalue weighted by Crippen LogP contribution is 2.35. The maximum atomic E-state index is 12.4. The Hall–Kier alpha value is -2.10. The molecule has 2 heterocycles. The normalized spacial score (nSPS) is 16.7. The Morgan fingerprint density at radius 2 is 1.79 bits per heavy atom. The molecule has 2 aromatic carbocycles. The quantitative estimate of drug-likeness (QED) is 0.757. The number of fused-ring (bicyclic) bond motifs is 2. The molecule has 0 atom stereocenters. The predicted molar refractivity (Wildman–Crippen MR) is 98.0 cm³/mol. The second-order valence-electron chi connectivity index (χ2n) is 5.95. The molecule has 0 radical (unpaired) electrons. The summed E-state index contributed by atoms with van der Waals surface area (Å²) in [5.41, 5.74) is 5.34. The van der Waals surface area contributed by atoms with Crippen molar-refractivity contribution < 1.29 is 4.79 Å². The highest BCUT2D eigenvalue weighted by atomic mass is 35.5. The SMILES string of the molecule is CN1CC2=C(CN=C(c3ccccc3Cl)c3cc(Cl)ccc32)C1=O. The van der Waals surface area contributed by atoms with E-state index in [1.165, 1.54) is 0 Å². The van der Waals surface area contributed by atoms with Gasteiger partial charge >= 0.3 is 0 Å². The molecule has 0 bridgehead atoms. The number of likely N-dealkylation sites (N-methyl/N-ethyl adjacent to an activating group) is 1. The van der Waals surface area contributed by atoms with E-state index in [-0.39, 0.29) is 5.91 Å². The first-order valence-corrected chi connectivity index (χ1v) is 8.39. The number of hydrogen-bond acceptors (Lipinski definition) is 2. The second kappa shape index (κ2) is 5.76. The van der Waals surface area contributed by atoms with E-state index in [9.17, 15) is 4.79 Å². The summed E-state index contributed by atoms with van der Waals surface area (Å²) in [6.45, 7) is 0.944. The molecule has 0 aliphatic carbocycles. The first-order chi connectivity index (χ1) is 11.6. The van der Waals surface area contributed by atoms with E-state index in [2.05, 4.69) is 0 Å². The van der Waals surface area contributed by atoms with E-state index in [0.717, 1.165) is 33.5 Å². The summed E-state index contributed by atoms with van der Waals surface area (Å²) in [6, 6.07) is 13.3. The molecule has 0 fully saturated rings. The Bertz CT molecular complexity index is 931. The van der Waals surface area contributed by atoms with Crippen molar-refractivity contribution in [3.05, 3.63) is 74.8 Å². The minimum atomic E-state index is 0.0371. The van der Waals surface area contributed by atoms with Gasteiger partial charge in [-0.25, -0.2) is 0 Å². The summed E-state index contributed by atoms with van der Waals surface area (Å²) in [5.74, 6) is 0.0371. The molecule has 3 nitrogen and oxygen atoms in total. The number of carbonyl (C=O) groups excluding carboxylic acids is 1. The molecule has 0 spiro atoms. The topological polar surface area (TPSA) is 32.7 Å². The van der Waals surface area contributed by atoms with Crippen LogP contribution in [-0.2, 0) is 4.79 Å². The van der Waals surface area contributed by atoms with Gasteiger partial charge in [-0.2, -0.15) is 0 Å². The van der Waals surface area contributed by atoms with Crippen LogP contribution in [-0.4, -0.2) is 36.7 Å². The zero-order valence-corrected chi connectivity index (χ0v) is 14.5. The van der Waals surface area contributed by atoms with Crippen molar-refractivity contribution in [1.29, 1.82) is 0 Å². The molecule has 2 aromatic rings. The number of hydrogen-bond donors (Lipinski definition) is 0. The van der Waals surface area contributed by atoms with Crippen LogP contribution in [0.25, 0.3) is 5.57 Å². The lowest BCUT2D eigenvalue weighted by molar-refractivity contribution is -0.124. The van der Waals surface area contributed by atoms with Crippen LogP contribution in [0.3, 0.4) is 0 Å². The molecule has 0 saturated heterocycles. The third kappa shape index (κ3) is 2.36. The fourth-order valence-corrected chi connectivity index (χ4v) is 3.67. The van der Waals surface area contributed by atoms with E-state index in [1.54, 1.807) is 4.90 Å². The van der Waals surface area contributed by atoms with Gasteiger partial charge in [0.2, 0.25) is 0 Å². The average Bonchev–Trinajstić information content (AvgIpc) is 2.76. The molecule has 2 aliphatic heterocycles. The molecule has 0 aromatic heterocycles. The number of carbonyl (C=O) groups is 1. The summed E-state index contributed by atoms with van der Waals surface area (Å²) in [6.07, 6.45) is 0. The Balaban J connectivity index is 1.97. The fraction of sp³-hybridized carbons (Fsp3) is 0.158. The average molecular weight is 357 g/mol. The van der Waals surface area contributed by atoms with Crippen LogP contribution in [0.4, 0.5) is 0 Å². The van der Waals surface area contributed by atoms with Gasteiger partial charge in [-0.3, -0.25) is 9.79 Å². The van der Waals surface area contributed by atoms with Crippen molar-refractivity contribution in [1.82, 2.24) is 4.90 Å². The van der Waals surface area contributed by atoms with Crippen LogP contribution in [0.2, 0.25) is 10.0 Å². The molecule has 0 N–H and O–H groups in total. The first kappa shape index (κ1) is 15.4. The Kier molecular flexibility index (Phi) is 3.70. The van der Waals surface area contributed by atoms with Crippen molar-refractivity contribution in [3.63, 3.8) is 0 Å². The molecule has 24 heavy (non-hydrogen) atoms. The van der Waals surface area contributed by atoms with Gasteiger partial charge in [0, 0.05) is 40.3 Å². The molecule has 120 valence electrons. The van der Waals surface area contributed by atoms with Crippen molar-refractivity contribution in [2.75, 3.05) is 20.1 Å². The maximum absolute atomic E-state index is 12.4. The largest absolute Gasteiger partial charge is 0.338 e. The van der Waals surface area contributed by atoms with Crippen LogP contribution >= 0.6 is 23.2 Å². The number of aliphatic imine (C=N–C) groups is 1. The molecule has 0 saturated carbocycles. The van der Waals surface area contributed by atoms with Gasteiger partial charge in [0.15, 0.2) is 0 Å². The highest BCUT2D eigenvalue weighted by Gasteiger charge is 2.32. The fourth-order valence-electron chi connectivity index (χ4n) is 3.28. The number of halogens is 2. The standard InChI is InChI=1S/C19H14Cl2N2O/c1-23-10-16-12-7-6-11(20)8-14(12)18(22-9-15(16)19(23)24)13-4-2-3-5-17(13)21/h2-8H,9-10H2,1H3. The zero-order chi connectivity index (χ0) is 16.8. The molecule has 4 rings (SSSR count). The van der Waals surface area contributed by atoms with Gasteiger partial charge in [0.1, 0.15) is 0 Å². The summed E-state index contributed by atoms with van der Waals surface area (Å²) in [7, 11) is 1.81. The molecule has 5 heteroatoms. The van der Waals surface area contributed by atoms with E-state index in [1.807, 2.05) is 49.5 Å². The lowest BCUT2D eigenvalue weighted by atomic mass is 9.93. The molecular formula is C19H14Cl2N2O. The molecular weight excluding hydrogens is 343 g/mol. The maximum Gasteiger partial charge on any atom is 0.252 e. The van der Waals surface area contributed by atoms with E-state index in [4.69, 9.17) is 28.2 Å². The van der Waals surface area contributed by atoms with E-state index >= 15 is 0 Å². The van der Waals surface area contributed by atoms with Crippen LogP contribution < -0.4 is 0 Å². The van der Waals surface area contributed by atoms with Crippen LogP contribution in [0.1, 0.15) is 16.7 Å². The second-order valence-corrected chi connectivity index (χ2v) is 6.80. The van der Waals surface area contributed by atoms with Gasteiger partial charge in [-0.05, 0) is 29.3 Å². The first-order valence-electron chi connectivity index (χ1n) is 7.63. The van der Waals surface area contributed by atoms with Crippen molar-refractivity contribution in [3.8, 4) is 0 Å². The smallest absolute Gasteiger partial charge is 0.252 e. The van der Waals surface area contributed by atoms with Gasteiger partial charge < -0.3 is 4.90 Å². The predicted octanol–water partition coefficient (Wildman–Crippen LogP) is 4.07. The van der Waals surface area contributed by atoms with Gasteiger partial charge in [0.25, 0.3) is 5.91 Å². The Morgan fingerprint density at radius 3 is 2.58 bits per heavy atom. The molecule has 2 aliphatic rings. The number of rotatable bonds is 1. The van der Waals surface area contributed by atoms with Gasteiger partial charge in [0.05, 0.1) is 12.3 Å². The minimum absolute atomic E-state index is 0.0371. The van der Waals surface area contributed by atoms with Crippen molar-refractivity contribution in [2.45, 2.75) is 0 Å². The number of amides is 1. The number of benzene rings is 2. The van der Waals surface area contributed by atoms with E-state index < -0.39 is 0 Å². The summed E-state index contributed by atoms with van der Waals surface area (Å²) < 4.78 is 0. The summed E-state index contributed by atoms with van der Waals surface area (Å²) >= 11 is 12.6. The van der Waals surface area contributed by atoms with Crippen LogP contribution in [0, 0.1) is 0 Å². The Morgan fingerprint density at radius 1 is 1.00 bits per heavy atom. The van der Waals surface area contributed by atoms with E-state index in [0.29, 0.717) is 23.1 Å². The number of nitrogens with zero attached hydrogens (tertiary/aromatic N) is 2.